The maximum absolute atomic E-state index is 13.6. The van der Waals surface area contributed by atoms with Crippen molar-refractivity contribution in [2.24, 2.45) is 0 Å². The molecule has 0 aliphatic carbocycles. The van der Waals surface area contributed by atoms with Crippen molar-refractivity contribution in [3.8, 4) is 0 Å². The molecule has 1 fully saturated rings. The number of aromatic nitrogens is 3. The van der Waals surface area contributed by atoms with Gasteiger partial charge in [0.05, 0.1) is 18.4 Å². The highest BCUT2D eigenvalue weighted by Gasteiger charge is 2.36. The molecule has 3 heterocycles. The van der Waals surface area contributed by atoms with Crippen LogP contribution in [0.5, 0.6) is 0 Å². The number of likely N-dealkylation sites (tertiary alicyclic amines) is 1. The van der Waals surface area contributed by atoms with E-state index in [0.29, 0.717) is 41.9 Å². The number of nitrogens with zero attached hydrogens (tertiary/aromatic N) is 4. The van der Waals surface area contributed by atoms with E-state index in [0.717, 1.165) is 10.6 Å². The van der Waals surface area contributed by atoms with E-state index in [9.17, 15) is 22.8 Å². The number of methoxy groups -OCH3 is 1. The first-order chi connectivity index (χ1) is 15.2. The first-order valence-electron chi connectivity index (χ1n) is 10.1. The van der Waals surface area contributed by atoms with E-state index in [1.807, 2.05) is 0 Å². The van der Waals surface area contributed by atoms with Crippen molar-refractivity contribution in [1.82, 2.24) is 19.5 Å². The highest BCUT2D eigenvalue weighted by molar-refractivity contribution is 5.96. The number of benzene rings is 1. The molecule has 1 atom stereocenters. The highest BCUT2D eigenvalue weighted by atomic mass is 19.4. The maximum atomic E-state index is 13.6. The third kappa shape index (κ3) is 4.17. The number of hydrogen-bond donors (Lipinski definition) is 0. The van der Waals surface area contributed by atoms with Crippen LogP contribution in [0.4, 0.5) is 13.2 Å². The molecule has 10 heteroatoms. The van der Waals surface area contributed by atoms with Crippen LogP contribution in [0.1, 0.15) is 56.6 Å². The number of amides is 1. The van der Waals surface area contributed by atoms with Crippen LogP contribution in [0.3, 0.4) is 0 Å². The fourth-order valence-corrected chi connectivity index (χ4v) is 3.97. The zero-order valence-corrected chi connectivity index (χ0v) is 17.5. The molecule has 1 aliphatic rings. The minimum Gasteiger partial charge on any atom is -0.465 e. The lowest BCUT2D eigenvalue weighted by Gasteiger charge is -2.33. The average Bonchev–Trinajstić information content (AvgIpc) is 3.16. The Balaban J connectivity index is 1.59. The molecule has 0 N–H and O–H groups in total. The molecule has 32 heavy (non-hydrogen) atoms. The van der Waals surface area contributed by atoms with Crippen LogP contribution in [-0.2, 0) is 10.9 Å². The van der Waals surface area contributed by atoms with Crippen LogP contribution in [0, 0.1) is 6.92 Å². The maximum Gasteiger partial charge on any atom is 0.433 e. The number of fused-ring (bicyclic) bond motifs is 1. The minimum absolute atomic E-state index is 0.133. The van der Waals surface area contributed by atoms with Gasteiger partial charge in [0.25, 0.3) is 5.91 Å². The van der Waals surface area contributed by atoms with Gasteiger partial charge in [0.15, 0.2) is 5.65 Å². The summed E-state index contributed by atoms with van der Waals surface area (Å²) < 4.78 is 46.4. The van der Waals surface area contributed by atoms with Gasteiger partial charge >= 0.3 is 12.1 Å². The topological polar surface area (TPSA) is 76.8 Å². The number of carbonyl (C=O) groups is 2. The van der Waals surface area contributed by atoms with Crippen LogP contribution in [0.15, 0.2) is 36.4 Å². The van der Waals surface area contributed by atoms with Crippen LogP contribution < -0.4 is 0 Å². The number of aryl methyl sites for hydroxylation is 1. The Kier molecular flexibility index (Phi) is 5.62. The van der Waals surface area contributed by atoms with Gasteiger partial charge in [-0.15, -0.1) is 0 Å². The Morgan fingerprint density at radius 1 is 1.12 bits per heavy atom. The number of esters is 1. The Hall–Kier alpha value is -3.43. The molecule has 1 aromatic carbocycles. The van der Waals surface area contributed by atoms with Gasteiger partial charge in [-0.3, -0.25) is 4.79 Å². The molecule has 0 saturated carbocycles. The molecule has 168 valence electrons. The molecule has 4 rings (SSSR count). The second kappa shape index (κ2) is 8.25. The van der Waals surface area contributed by atoms with Gasteiger partial charge in [-0.05, 0) is 50.1 Å². The molecule has 2 aromatic heterocycles. The first-order valence-corrected chi connectivity index (χ1v) is 10.1. The number of ether oxygens (including phenoxy) is 1. The molecule has 1 aliphatic heterocycles. The van der Waals surface area contributed by atoms with E-state index >= 15 is 0 Å². The second-order valence-electron chi connectivity index (χ2n) is 7.78. The summed E-state index contributed by atoms with van der Waals surface area (Å²) in [5.74, 6) is -1.08. The zero-order chi connectivity index (χ0) is 23.0. The lowest BCUT2D eigenvalue weighted by atomic mass is 9.93. The number of piperidine rings is 1. The Morgan fingerprint density at radius 2 is 1.81 bits per heavy atom. The van der Waals surface area contributed by atoms with Crippen molar-refractivity contribution in [1.29, 1.82) is 0 Å². The van der Waals surface area contributed by atoms with E-state index < -0.39 is 17.8 Å². The fraction of sp³-hybridized carbons (Fsp3) is 0.364. The number of alkyl halides is 3. The fourth-order valence-electron chi connectivity index (χ4n) is 3.97. The lowest BCUT2D eigenvalue weighted by molar-refractivity contribution is -0.142. The van der Waals surface area contributed by atoms with E-state index in [4.69, 9.17) is 0 Å². The molecular formula is C22H21F3N4O3. The molecule has 0 spiro atoms. The van der Waals surface area contributed by atoms with Crippen molar-refractivity contribution in [3.63, 3.8) is 0 Å². The third-order valence-corrected chi connectivity index (χ3v) is 5.54. The summed E-state index contributed by atoms with van der Waals surface area (Å²) in [5, 5.41) is 3.91. The Bertz CT molecular complexity index is 1170. The second-order valence-corrected chi connectivity index (χ2v) is 7.78. The predicted octanol–water partition coefficient (Wildman–Crippen LogP) is 3.86. The monoisotopic (exact) mass is 446 g/mol. The van der Waals surface area contributed by atoms with Crippen LogP contribution >= 0.6 is 0 Å². The summed E-state index contributed by atoms with van der Waals surface area (Å²) in [6, 6.07) is 8.64. The van der Waals surface area contributed by atoms with Crippen LogP contribution in [0.25, 0.3) is 5.65 Å². The zero-order valence-electron chi connectivity index (χ0n) is 17.5. The first kappa shape index (κ1) is 21.8. The normalized spacial score (nSPS) is 16.9. The van der Waals surface area contributed by atoms with Crippen LogP contribution in [0.2, 0.25) is 0 Å². The minimum atomic E-state index is -4.58. The van der Waals surface area contributed by atoms with Crippen molar-refractivity contribution in [2.45, 2.75) is 31.9 Å². The molecule has 1 saturated heterocycles. The van der Waals surface area contributed by atoms with E-state index in [-0.39, 0.29) is 24.0 Å². The molecule has 7 nitrogen and oxygen atoms in total. The van der Waals surface area contributed by atoms with Crippen LogP contribution in [-0.4, -0.2) is 51.6 Å². The summed E-state index contributed by atoms with van der Waals surface area (Å²) >= 11 is 0. The average molecular weight is 446 g/mol. The highest BCUT2D eigenvalue weighted by Crippen LogP contribution is 2.34. The Labute approximate surface area is 181 Å². The lowest BCUT2D eigenvalue weighted by Crippen LogP contribution is -2.39. The molecule has 3 aromatic rings. The van der Waals surface area contributed by atoms with Crippen molar-refractivity contribution >= 4 is 17.5 Å². The molecule has 0 radical (unpaired) electrons. The number of rotatable bonds is 3. The van der Waals surface area contributed by atoms with Gasteiger partial charge in [0.2, 0.25) is 0 Å². The number of carbonyl (C=O) groups excluding carboxylic acids is 2. The van der Waals surface area contributed by atoms with E-state index in [2.05, 4.69) is 14.8 Å². The standard InChI is InChI=1S/C22H21F3N4O3/c1-13-10-19-26-17(11-18(22(23,24)25)29(19)27-13)16-4-3-9-28(12-16)20(30)14-5-7-15(8-6-14)21(31)32-2/h5-8,10-11,16H,3-4,9,12H2,1-2H3/t16-/m1/s1. The van der Waals surface area contributed by atoms with Gasteiger partial charge in [-0.25, -0.2) is 14.3 Å². The smallest absolute Gasteiger partial charge is 0.433 e. The quantitative estimate of drug-likeness (QED) is 0.571. The van der Waals surface area contributed by atoms with Gasteiger partial charge in [0.1, 0.15) is 5.69 Å². The summed E-state index contributed by atoms with van der Waals surface area (Å²) in [5.41, 5.74) is 0.707. The van der Waals surface area contributed by atoms with Gasteiger partial charge in [-0.2, -0.15) is 18.3 Å². The van der Waals surface area contributed by atoms with Gasteiger partial charge in [0, 0.05) is 36.3 Å². The molecule has 1 amide bonds. The van der Waals surface area contributed by atoms with Crippen molar-refractivity contribution in [3.05, 3.63) is 64.6 Å². The summed E-state index contributed by atoms with van der Waals surface area (Å²) in [7, 11) is 1.27. The SMILES string of the molecule is COC(=O)c1ccc(C(=O)N2CCC[C@@H](c3cc(C(F)(F)F)n4nc(C)cc4n3)C2)cc1. The summed E-state index contributed by atoms with van der Waals surface area (Å²) in [4.78, 5) is 30.6. The van der Waals surface area contributed by atoms with Gasteiger partial charge < -0.3 is 9.64 Å². The molecule has 0 unspecified atom stereocenters. The summed E-state index contributed by atoms with van der Waals surface area (Å²) in [6.07, 6.45) is -3.32. The van der Waals surface area contributed by atoms with E-state index in [1.54, 1.807) is 24.0 Å². The number of halogens is 3. The van der Waals surface area contributed by atoms with Crippen molar-refractivity contribution in [2.75, 3.05) is 20.2 Å². The molecular weight excluding hydrogens is 425 g/mol. The van der Waals surface area contributed by atoms with Gasteiger partial charge in [-0.1, -0.05) is 0 Å². The number of hydrogen-bond acceptors (Lipinski definition) is 5. The largest absolute Gasteiger partial charge is 0.465 e. The van der Waals surface area contributed by atoms with E-state index in [1.165, 1.54) is 25.3 Å². The predicted molar refractivity (Wildman–Crippen MR) is 108 cm³/mol. The molecule has 0 bridgehead atoms. The summed E-state index contributed by atoms with van der Waals surface area (Å²) in [6.45, 7) is 2.36. The van der Waals surface area contributed by atoms with Crippen molar-refractivity contribution < 1.29 is 27.5 Å². The third-order valence-electron chi connectivity index (χ3n) is 5.54. The Morgan fingerprint density at radius 3 is 2.47 bits per heavy atom.